The van der Waals surface area contributed by atoms with Crippen LogP contribution in [-0.2, 0) is 20.0 Å². The Kier molecular flexibility index (Phi) is 3.28. The van der Waals surface area contributed by atoms with E-state index in [1.807, 2.05) is 0 Å². The molecule has 0 unspecified atom stereocenters. The molecule has 0 atom stereocenters. The molecule has 0 saturated heterocycles. The molecule has 0 aliphatic carbocycles. The van der Waals surface area contributed by atoms with Crippen LogP contribution in [0.4, 0.5) is 0 Å². The van der Waals surface area contributed by atoms with Crippen molar-refractivity contribution < 1.29 is 0 Å². The molecule has 1 heterocycles. The summed E-state index contributed by atoms with van der Waals surface area (Å²) < 4.78 is 2.16. The van der Waals surface area contributed by atoms with Gasteiger partial charge in [-0.3, -0.25) is 0 Å². The lowest BCUT2D eigenvalue weighted by Gasteiger charge is -2.04. The molecule has 102 valence electrons. The molecule has 0 amide bonds. The molecule has 3 aromatic rings. The lowest BCUT2D eigenvalue weighted by molar-refractivity contribution is 0.829. The maximum absolute atomic E-state index is 5.63. The zero-order valence-electron chi connectivity index (χ0n) is 11.9. The molecule has 2 aromatic carbocycles. The van der Waals surface area contributed by atoms with E-state index in [1.165, 1.54) is 16.6 Å². The maximum atomic E-state index is 5.63. The quantitative estimate of drug-likeness (QED) is 0.790. The number of benzene rings is 2. The Hall–Kier alpha value is -2.13. The first kappa shape index (κ1) is 12.9. The summed E-state index contributed by atoms with van der Waals surface area (Å²) >= 11 is 0. The number of fused-ring (bicyclic) bond motifs is 1. The molecule has 0 bridgehead atoms. The van der Waals surface area contributed by atoms with Crippen LogP contribution in [0.25, 0.3) is 22.2 Å². The smallest absolute Gasteiger partial charge is 0.109 e. The number of rotatable bonds is 3. The zero-order valence-corrected chi connectivity index (χ0v) is 11.9. The SMILES string of the molecule is CCc1nc2cc(-c3ccc(CN)cc3)ccc2n1C. The molecule has 0 spiro atoms. The van der Waals surface area contributed by atoms with E-state index in [4.69, 9.17) is 10.7 Å². The van der Waals surface area contributed by atoms with Crippen LogP contribution in [0, 0.1) is 0 Å². The van der Waals surface area contributed by atoms with Crippen LogP contribution in [-0.4, -0.2) is 9.55 Å². The highest BCUT2D eigenvalue weighted by Crippen LogP contribution is 2.25. The van der Waals surface area contributed by atoms with Gasteiger partial charge < -0.3 is 10.3 Å². The standard InChI is InChI=1S/C17H19N3/c1-3-17-19-15-10-14(8-9-16(15)20(17)2)13-6-4-12(11-18)5-7-13/h4-10H,3,11,18H2,1-2H3. The van der Waals surface area contributed by atoms with E-state index in [-0.39, 0.29) is 0 Å². The molecule has 1 aromatic heterocycles. The Morgan fingerprint density at radius 1 is 1.05 bits per heavy atom. The van der Waals surface area contributed by atoms with Crippen LogP contribution < -0.4 is 5.73 Å². The fourth-order valence-electron chi connectivity index (χ4n) is 2.58. The highest BCUT2D eigenvalue weighted by molar-refractivity contribution is 5.82. The van der Waals surface area contributed by atoms with Crippen molar-refractivity contribution >= 4 is 11.0 Å². The van der Waals surface area contributed by atoms with Gasteiger partial charge in [0.2, 0.25) is 0 Å². The van der Waals surface area contributed by atoms with Gasteiger partial charge in [0, 0.05) is 20.0 Å². The molecule has 0 radical (unpaired) electrons. The first-order valence-electron chi connectivity index (χ1n) is 6.97. The Bertz CT molecular complexity index is 739. The van der Waals surface area contributed by atoms with E-state index in [0.717, 1.165) is 23.3 Å². The molecule has 3 heteroatoms. The van der Waals surface area contributed by atoms with E-state index < -0.39 is 0 Å². The van der Waals surface area contributed by atoms with E-state index in [9.17, 15) is 0 Å². The lowest BCUT2D eigenvalue weighted by atomic mass is 10.0. The van der Waals surface area contributed by atoms with Gasteiger partial charge in [-0.15, -0.1) is 0 Å². The fourth-order valence-corrected chi connectivity index (χ4v) is 2.58. The number of aryl methyl sites for hydroxylation is 2. The van der Waals surface area contributed by atoms with E-state index in [2.05, 4.69) is 61.0 Å². The molecule has 0 aliphatic heterocycles. The summed E-state index contributed by atoms with van der Waals surface area (Å²) in [4.78, 5) is 4.69. The van der Waals surface area contributed by atoms with Gasteiger partial charge in [-0.2, -0.15) is 0 Å². The Labute approximate surface area is 119 Å². The van der Waals surface area contributed by atoms with Crippen molar-refractivity contribution in [3.05, 3.63) is 53.9 Å². The molecular formula is C17H19N3. The van der Waals surface area contributed by atoms with Crippen LogP contribution in [0.2, 0.25) is 0 Å². The fraction of sp³-hybridized carbons (Fsp3) is 0.235. The second-order valence-corrected chi connectivity index (χ2v) is 5.05. The average Bonchev–Trinajstić information content (AvgIpc) is 2.83. The molecule has 3 rings (SSSR count). The molecular weight excluding hydrogens is 246 g/mol. The lowest BCUT2D eigenvalue weighted by Crippen LogP contribution is -1.95. The summed E-state index contributed by atoms with van der Waals surface area (Å²) in [7, 11) is 2.07. The van der Waals surface area contributed by atoms with Gasteiger partial charge >= 0.3 is 0 Å². The van der Waals surface area contributed by atoms with Crippen LogP contribution in [0.3, 0.4) is 0 Å². The van der Waals surface area contributed by atoms with E-state index in [1.54, 1.807) is 0 Å². The van der Waals surface area contributed by atoms with E-state index >= 15 is 0 Å². The number of aromatic nitrogens is 2. The van der Waals surface area contributed by atoms with Crippen LogP contribution in [0.15, 0.2) is 42.5 Å². The maximum Gasteiger partial charge on any atom is 0.109 e. The molecule has 0 saturated carbocycles. The van der Waals surface area contributed by atoms with Crippen LogP contribution in [0.1, 0.15) is 18.3 Å². The van der Waals surface area contributed by atoms with Crippen molar-refractivity contribution in [3.63, 3.8) is 0 Å². The van der Waals surface area contributed by atoms with Gasteiger partial charge in [-0.1, -0.05) is 37.3 Å². The summed E-state index contributed by atoms with van der Waals surface area (Å²) in [6, 6.07) is 14.9. The highest BCUT2D eigenvalue weighted by Gasteiger charge is 2.07. The summed E-state index contributed by atoms with van der Waals surface area (Å²) in [5.74, 6) is 1.12. The Morgan fingerprint density at radius 2 is 1.75 bits per heavy atom. The third-order valence-corrected chi connectivity index (χ3v) is 3.81. The normalized spacial score (nSPS) is 11.2. The third kappa shape index (κ3) is 2.10. The summed E-state index contributed by atoms with van der Waals surface area (Å²) in [5, 5.41) is 0. The van der Waals surface area contributed by atoms with Gasteiger partial charge in [0.15, 0.2) is 0 Å². The average molecular weight is 265 g/mol. The first-order chi connectivity index (χ1) is 9.72. The predicted octanol–water partition coefficient (Wildman–Crippen LogP) is 3.26. The molecule has 3 nitrogen and oxygen atoms in total. The summed E-state index contributed by atoms with van der Waals surface area (Å²) in [6.45, 7) is 2.72. The van der Waals surface area contributed by atoms with Crippen LogP contribution in [0.5, 0.6) is 0 Å². The monoisotopic (exact) mass is 265 g/mol. The van der Waals surface area contributed by atoms with Gasteiger partial charge in [-0.25, -0.2) is 4.98 Å². The number of imidazole rings is 1. The highest BCUT2D eigenvalue weighted by atomic mass is 15.1. The van der Waals surface area contributed by atoms with Gasteiger partial charge in [0.25, 0.3) is 0 Å². The van der Waals surface area contributed by atoms with Crippen molar-refractivity contribution in [2.45, 2.75) is 19.9 Å². The molecule has 0 aliphatic rings. The largest absolute Gasteiger partial charge is 0.331 e. The Morgan fingerprint density at radius 3 is 2.40 bits per heavy atom. The Balaban J connectivity index is 2.07. The zero-order chi connectivity index (χ0) is 14.1. The molecule has 0 fully saturated rings. The number of hydrogen-bond acceptors (Lipinski definition) is 2. The third-order valence-electron chi connectivity index (χ3n) is 3.81. The molecule has 20 heavy (non-hydrogen) atoms. The minimum atomic E-state index is 0.583. The summed E-state index contributed by atoms with van der Waals surface area (Å²) in [6.07, 6.45) is 0.950. The predicted molar refractivity (Wildman–Crippen MR) is 83.4 cm³/mol. The van der Waals surface area contributed by atoms with Gasteiger partial charge in [0.05, 0.1) is 11.0 Å². The second-order valence-electron chi connectivity index (χ2n) is 5.05. The summed E-state index contributed by atoms with van der Waals surface area (Å²) in [5.41, 5.74) is 11.4. The van der Waals surface area contributed by atoms with E-state index in [0.29, 0.717) is 6.54 Å². The minimum absolute atomic E-state index is 0.583. The van der Waals surface area contributed by atoms with Crippen LogP contribution >= 0.6 is 0 Å². The number of hydrogen-bond donors (Lipinski definition) is 1. The molecule has 2 N–H and O–H groups in total. The van der Waals surface area contributed by atoms with Crippen molar-refractivity contribution in [3.8, 4) is 11.1 Å². The van der Waals surface area contributed by atoms with Crippen molar-refractivity contribution in [1.29, 1.82) is 0 Å². The number of nitrogens with two attached hydrogens (primary N) is 1. The van der Waals surface area contributed by atoms with Gasteiger partial charge in [0.1, 0.15) is 5.82 Å². The first-order valence-corrected chi connectivity index (χ1v) is 6.97. The van der Waals surface area contributed by atoms with Crippen molar-refractivity contribution in [2.75, 3.05) is 0 Å². The topological polar surface area (TPSA) is 43.8 Å². The second kappa shape index (κ2) is 5.10. The van der Waals surface area contributed by atoms with Crippen molar-refractivity contribution in [2.24, 2.45) is 12.8 Å². The van der Waals surface area contributed by atoms with Crippen molar-refractivity contribution in [1.82, 2.24) is 9.55 Å². The number of nitrogens with zero attached hydrogens (tertiary/aromatic N) is 2. The minimum Gasteiger partial charge on any atom is -0.331 e. The van der Waals surface area contributed by atoms with Gasteiger partial charge in [-0.05, 0) is 28.8 Å².